The highest BCUT2D eigenvalue weighted by Gasteiger charge is 2.41. The Morgan fingerprint density at radius 2 is 2.00 bits per heavy atom. The summed E-state index contributed by atoms with van der Waals surface area (Å²) < 4.78 is 0. The molecule has 16 heavy (non-hydrogen) atoms. The summed E-state index contributed by atoms with van der Waals surface area (Å²) in [7, 11) is 0. The van der Waals surface area contributed by atoms with Crippen LogP contribution in [0.5, 0.6) is 0 Å². The first kappa shape index (κ1) is 14.0. The summed E-state index contributed by atoms with van der Waals surface area (Å²) >= 11 is 0. The van der Waals surface area contributed by atoms with Crippen molar-refractivity contribution < 1.29 is 5.11 Å². The quantitative estimate of drug-likeness (QED) is 0.778. The van der Waals surface area contributed by atoms with Crippen LogP contribution in [0.25, 0.3) is 0 Å². The van der Waals surface area contributed by atoms with Gasteiger partial charge in [-0.25, -0.2) is 0 Å². The van der Waals surface area contributed by atoms with Crippen LogP contribution in [-0.4, -0.2) is 17.3 Å². The van der Waals surface area contributed by atoms with Crippen LogP contribution < -0.4 is 5.73 Å². The number of nitrogens with two attached hydrogens (primary N) is 1. The van der Waals surface area contributed by atoms with E-state index in [1.165, 1.54) is 19.3 Å². The summed E-state index contributed by atoms with van der Waals surface area (Å²) in [6, 6.07) is 0.273. The summed E-state index contributed by atoms with van der Waals surface area (Å²) in [4.78, 5) is 0. The van der Waals surface area contributed by atoms with Gasteiger partial charge >= 0.3 is 0 Å². The summed E-state index contributed by atoms with van der Waals surface area (Å²) in [6.45, 7) is 8.72. The topological polar surface area (TPSA) is 46.2 Å². The van der Waals surface area contributed by atoms with Crippen molar-refractivity contribution >= 4 is 0 Å². The fourth-order valence-corrected chi connectivity index (χ4v) is 3.52. The van der Waals surface area contributed by atoms with E-state index in [0.29, 0.717) is 5.41 Å². The molecule has 0 bridgehead atoms. The van der Waals surface area contributed by atoms with Gasteiger partial charge in [0.2, 0.25) is 0 Å². The fraction of sp³-hybridized carbons (Fsp3) is 1.00. The molecule has 2 unspecified atom stereocenters. The molecule has 0 aromatic carbocycles. The Kier molecular flexibility index (Phi) is 4.42. The molecule has 1 aliphatic rings. The average molecular weight is 227 g/mol. The van der Waals surface area contributed by atoms with Crippen LogP contribution in [0.3, 0.4) is 0 Å². The number of hydrogen-bond donors (Lipinski definition) is 2. The van der Waals surface area contributed by atoms with Crippen LogP contribution >= 0.6 is 0 Å². The number of hydrogen-bond acceptors (Lipinski definition) is 2. The molecule has 0 radical (unpaired) electrons. The zero-order valence-corrected chi connectivity index (χ0v) is 11.4. The first-order chi connectivity index (χ1) is 7.25. The van der Waals surface area contributed by atoms with Crippen molar-refractivity contribution in [2.45, 2.75) is 78.4 Å². The number of rotatable bonds is 3. The van der Waals surface area contributed by atoms with Crippen LogP contribution in [0.15, 0.2) is 0 Å². The molecule has 0 aromatic heterocycles. The van der Waals surface area contributed by atoms with Crippen molar-refractivity contribution in [1.82, 2.24) is 0 Å². The SMILES string of the molecule is C[C@H](O)CC1(CC(C)(C)C)CCCCC1N. The van der Waals surface area contributed by atoms with Crippen LogP contribution in [0.4, 0.5) is 0 Å². The van der Waals surface area contributed by atoms with E-state index >= 15 is 0 Å². The van der Waals surface area contributed by atoms with E-state index in [1.807, 2.05) is 6.92 Å². The predicted octanol–water partition coefficient (Wildman–Crippen LogP) is 3.08. The minimum Gasteiger partial charge on any atom is -0.393 e. The highest BCUT2D eigenvalue weighted by molar-refractivity contribution is 4.95. The molecule has 0 saturated heterocycles. The molecule has 96 valence electrons. The molecule has 1 rings (SSSR count). The lowest BCUT2D eigenvalue weighted by Gasteiger charge is -2.47. The van der Waals surface area contributed by atoms with Gasteiger partial charge in [-0.1, -0.05) is 33.6 Å². The van der Waals surface area contributed by atoms with Gasteiger partial charge in [-0.05, 0) is 43.4 Å². The fourth-order valence-electron chi connectivity index (χ4n) is 3.52. The second-order valence-electron chi connectivity index (χ2n) is 7.01. The molecule has 0 aromatic rings. The monoisotopic (exact) mass is 227 g/mol. The van der Waals surface area contributed by atoms with Crippen LogP contribution in [0, 0.1) is 10.8 Å². The maximum Gasteiger partial charge on any atom is 0.0518 e. The van der Waals surface area contributed by atoms with Gasteiger partial charge in [-0.2, -0.15) is 0 Å². The lowest BCUT2D eigenvalue weighted by atomic mass is 9.61. The number of aliphatic hydroxyl groups excluding tert-OH is 1. The molecule has 1 saturated carbocycles. The molecule has 0 amide bonds. The van der Waals surface area contributed by atoms with Crippen molar-refractivity contribution in [3.63, 3.8) is 0 Å². The van der Waals surface area contributed by atoms with Gasteiger partial charge in [-0.3, -0.25) is 0 Å². The smallest absolute Gasteiger partial charge is 0.0518 e. The highest BCUT2D eigenvalue weighted by Crippen LogP contribution is 2.47. The summed E-state index contributed by atoms with van der Waals surface area (Å²) in [6.07, 6.45) is 6.62. The van der Waals surface area contributed by atoms with Crippen molar-refractivity contribution in [3.05, 3.63) is 0 Å². The Labute approximate surface area is 101 Å². The Balaban J connectivity index is 2.82. The van der Waals surface area contributed by atoms with E-state index < -0.39 is 0 Å². The molecule has 0 aliphatic heterocycles. The summed E-state index contributed by atoms with van der Waals surface area (Å²) in [5.41, 5.74) is 6.83. The van der Waals surface area contributed by atoms with Gasteiger partial charge in [-0.15, -0.1) is 0 Å². The van der Waals surface area contributed by atoms with Crippen molar-refractivity contribution in [3.8, 4) is 0 Å². The molecule has 2 nitrogen and oxygen atoms in total. The summed E-state index contributed by atoms with van der Waals surface area (Å²) in [5.74, 6) is 0. The molecule has 1 fully saturated rings. The normalized spacial score (nSPS) is 33.8. The third kappa shape index (κ3) is 3.74. The number of aliphatic hydroxyl groups is 1. The maximum atomic E-state index is 9.73. The molecule has 1 aliphatic carbocycles. The van der Waals surface area contributed by atoms with E-state index in [2.05, 4.69) is 20.8 Å². The Hall–Kier alpha value is -0.0800. The van der Waals surface area contributed by atoms with E-state index in [0.717, 1.165) is 19.3 Å². The van der Waals surface area contributed by atoms with Gasteiger partial charge < -0.3 is 10.8 Å². The molecule has 2 heteroatoms. The van der Waals surface area contributed by atoms with Crippen LogP contribution in [0.1, 0.15) is 66.2 Å². The van der Waals surface area contributed by atoms with E-state index in [-0.39, 0.29) is 17.6 Å². The van der Waals surface area contributed by atoms with E-state index in [9.17, 15) is 5.11 Å². The Morgan fingerprint density at radius 1 is 1.38 bits per heavy atom. The Morgan fingerprint density at radius 3 is 2.44 bits per heavy atom. The van der Waals surface area contributed by atoms with Gasteiger partial charge in [0, 0.05) is 6.04 Å². The molecular formula is C14H29NO. The minimum atomic E-state index is -0.230. The van der Waals surface area contributed by atoms with Gasteiger partial charge in [0.25, 0.3) is 0 Å². The maximum absolute atomic E-state index is 9.73. The first-order valence-electron chi connectivity index (χ1n) is 6.69. The standard InChI is InChI=1S/C14H29NO/c1-11(16)9-14(10-13(2,3)4)8-6-5-7-12(14)15/h11-12,16H,5-10,15H2,1-4H3/t11-,12?,14?/m0/s1. The molecular weight excluding hydrogens is 198 g/mol. The first-order valence-corrected chi connectivity index (χ1v) is 6.69. The van der Waals surface area contributed by atoms with Crippen molar-refractivity contribution in [1.29, 1.82) is 0 Å². The molecule has 3 N–H and O–H groups in total. The van der Waals surface area contributed by atoms with Crippen molar-refractivity contribution in [2.24, 2.45) is 16.6 Å². The second kappa shape index (κ2) is 5.05. The molecule has 3 atom stereocenters. The van der Waals surface area contributed by atoms with E-state index in [4.69, 9.17) is 5.73 Å². The van der Waals surface area contributed by atoms with Crippen LogP contribution in [-0.2, 0) is 0 Å². The zero-order valence-electron chi connectivity index (χ0n) is 11.4. The van der Waals surface area contributed by atoms with Crippen LogP contribution in [0.2, 0.25) is 0 Å². The third-order valence-electron chi connectivity index (χ3n) is 3.81. The molecule has 0 heterocycles. The summed E-state index contributed by atoms with van der Waals surface area (Å²) in [5, 5.41) is 9.73. The van der Waals surface area contributed by atoms with Gasteiger partial charge in [0.05, 0.1) is 6.10 Å². The minimum absolute atomic E-state index is 0.171. The Bertz CT molecular complexity index is 219. The van der Waals surface area contributed by atoms with Gasteiger partial charge in [0.1, 0.15) is 0 Å². The molecule has 0 spiro atoms. The largest absolute Gasteiger partial charge is 0.393 e. The predicted molar refractivity (Wildman–Crippen MR) is 69.2 cm³/mol. The third-order valence-corrected chi connectivity index (χ3v) is 3.81. The lowest BCUT2D eigenvalue weighted by Crippen LogP contribution is -2.47. The van der Waals surface area contributed by atoms with Crippen molar-refractivity contribution in [2.75, 3.05) is 0 Å². The highest BCUT2D eigenvalue weighted by atomic mass is 16.3. The average Bonchev–Trinajstić information content (AvgIpc) is 2.06. The lowest BCUT2D eigenvalue weighted by molar-refractivity contribution is 0.0290. The van der Waals surface area contributed by atoms with Gasteiger partial charge in [0.15, 0.2) is 0 Å². The zero-order chi connectivity index (χ0) is 12.4. The second-order valence-corrected chi connectivity index (χ2v) is 7.01. The van der Waals surface area contributed by atoms with E-state index in [1.54, 1.807) is 0 Å².